The van der Waals surface area contributed by atoms with Crippen LogP contribution in [0.2, 0.25) is 0 Å². The molecule has 0 unspecified atom stereocenters. The van der Waals surface area contributed by atoms with Crippen molar-refractivity contribution in [2.24, 2.45) is 0 Å². The standard InChI is InChI=1S/C21H23NO6/c1-11(23)22-15-7-5-12-9-18(27-3)20(25)21(28-4)19(12)13-6-8-17(26-2)16(24)10-14(13)15/h6,8-10,15,25H,5,7H2,1-4H3,(H,22,23)/t15-/m0/s1/i2+1D3. The normalized spacial score (nSPS) is 17.0. The van der Waals surface area contributed by atoms with Crippen LogP contribution in [0.5, 0.6) is 23.0 Å². The Kier molecular flexibility index (Phi) is 4.40. The Hall–Kier alpha value is -3.22. The van der Waals surface area contributed by atoms with Crippen LogP contribution < -0.4 is 25.0 Å². The molecule has 1 aliphatic carbocycles. The second-order valence-electron chi connectivity index (χ2n) is 6.46. The lowest BCUT2D eigenvalue weighted by Gasteiger charge is -2.18. The molecule has 0 spiro atoms. The lowest BCUT2D eigenvalue weighted by molar-refractivity contribution is -0.119. The number of phenols is 1. The Labute approximate surface area is 167 Å². The van der Waals surface area contributed by atoms with Gasteiger partial charge in [-0.05, 0) is 47.7 Å². The van der Waals surface area contributed by atoms with E-state index in [0.29, 0.717) is 29.5 Å². The summed E-state index contributed by atoms with van der Waals surface area (Å²) in [6.45, 7) is 1.37. The van der Waals surface area contributed by atoms with E-state index in [1.54, 1.807) is 6.07 Å². The number of methoxy groups -OCH3 is 3. The van der Waals surface area contributed by atoms with Gasteiger partial charge >= 0.3 is 0 Å². The van der Waals surface area contributed by atoms with Crippen LogP contribution in [0, 0.1) is 0 Å². The molecule has 0 saturated heterocycles. The molecule has 0 heterocycles. The highest BCUT2D eigenvalue weighted by Crippen LogP contribution is 2.49. The molecular weight excluding hydrogens is 363 g/mol. The summed E-state index contributed by atoms with van der Waals surface area (Å²) < 4.78 is 37.5. The van der Waals surface area contributed by atoms with Gasteiger partial charge in [-0.2, -0.15) is 0 Å². The third-order valence-corrected chi connectivity index (χ3v) is 4.80. The lowest BCUT2D eigenvalue weighted by Crippen LogP contribution is -2.26. The molecule has 2 aromatic carbocycles. The maximum absolute atomic E-state index is 12.8. The van der Waals surface area contributed by atoms with Gasteiger partial charge in [-0.15, -0.1) is 0 Å². The number of fused-ring (bicyclic) bond motifs is 3. The molecule has 0 saturated carbocycles. The highest BCUT2D eigenvalue weighted by molar-refractivity contribution is 5.83. The van der Waals surface area contributed by atoms with Crippen LogP contribution in [-0.2, 0) is 11.2 Å². The third kappa shape index (κ3) is 3.35. The predicted molar refractivity (Wildman–Crippen MR) is 104 cm³/mol. The molecule has 28 heavy (non-hydrogen) atoms. The maximum Gasteiger partial charge on any atom is 0.220 e. The van der Waals surface area contributed by atoms with Crippen molar-refractivity contribution in [1.82, 2.24) is 5.32 Å². The third-order valence-electron chi connectivity index (χ3n) is 4.80. The Morgan fingerprint density at radius 3 is 2.64 bits per heavy atom. The molecule has 0 aliphatic heterocycles. The number of nitrogens with one attached hydrogen (secondary N) is 1. The van der Waals surface area contributed by atoms with E-state index >= 15 is 0 Å². The summed E-state index contributed by atoms with van der Waals surface area (Å²) in [6.07, 6.45) is 0.952. The van der Waals surface area contributed by atoms with Gasteiger partial charge in [-0.25, -0.2) is 0 Å². The van der Waals surface area contributed by atoms with Crippen LogP contribution in [0.25, 0.3) is 11.1 Å². The van der Waals surface area contributed by atoms with Crippen LogP contribution in [0.15, 0.2) is 29.1 Å². The van der Waals surface area contributed by atoms with Crippen LogP contribution in [0.4, 0.5) is 0 Å². The summed E-state index contributed by atoms with van der Waals surface area (Å²) in [6, 6.07) is 5.21. The summed E-state index contributed by atoms with van der Waals surface area (Å²) in [5.41, 5.74) is 1.62. The van der Waals surface area contributed by atoms with E-state index in [1.807, 2.05) is 0 Å². The van der Waals surface area contributed by atoms with E-state index in [1.165, 1.54) is 39.3 Å². The quantitative estimate of drug-likeness (QED) is 0.781. The monoisotopic (exact) mass is 389 g/mol. The van der Waals surface area contributed by atoms with Gasteiger partial charge < -0.3 is 24.6 Å². The number of hydrogen-bond donors (Lipinski definition) is 2. The number of ether oxygens (including phenoxy) is 3. The van der Waals surface area contributed by atoms with Gasteiger partial charge in [0.1, 0.15) is 0 Å². The van der Waals surface area contributed by atoms with Crippen molar-refractivity contribution in [3.8, 4) is 34.1 Å². The number of hydrogen-bond acceptors (Lipinski definition) is 6. The molecule has 1 amide bonds. The van der Waals surface area contributed by atoms with Gasteiger partial charge in [0.15, 0.2) is 17.2 Å². The molecule has 7 nitrogen and oxygen atoms in total. The van der Waals surface area contributed by atoms with Crippen molar-refractivity contribution < 1.29 is 28.2 Å². The van der Waals surface area contributed by atoms with E-state index in [-0.39, 0.29) is 28.9 Å². The Morgan fingerprint density at radius 2 is 2.00 bits per heavy atom. The van der Waals surface area contributed by atoms with Crippen LogP contribution in [0.1, 0.15) is 34.6 Å². The summed E-state index contributed by atoms with van der Waals surface area (Å²) in [5.74, 6) is -0.469. The molecule has 0 aromatic heterocycles. The van der Waals surface area contributed by atoms with Crippen molar-refractivity contribution in [2.75, 3.05) is 21.3 Å². The first kappa shape index (κ1) is 15.8. The van der Waals surface area contributed by atoms with Gasteiger partial charge in [0.25, 0.3) is 0 Å². The first-order valence-corrected chi connectivity index (χ1v) is 8.67. The topological polar surface area (TPSA) is 94.1 Å². The average molecular weight is 389 g/mol. The molecule has 148 valence electrons. The number of phenolic OH excluding ortho intramolecular Hbond substituents is 1. The van der Waals surface area contributed by atoms with E-state index in [2.05, 4.69) is 5.32 Å². The van der Waals surface area contributed by atoms with Crippen LogP contribution >= 0.6 is 0 Å². The van der Waals surface area contributed by atoms with Crippen molar-refractivity contribution in [3.63, 3.8) is 0 Å². The molecule has 1 aliphatic rings. The number of carbonyl (C=O) groups excluding carboxylic acids is 1. The van der Waals surface area contributed by atoms with Gasteiger partial charge in [-0.3, -0.25) is 9.59 Å². The van der Waals surface area contributed by atoms with Crippen molar-refractivity contribution in [2.45, 2.75) is 25.8 Å². The molecule has 0 radical (unpaired) electrons. The summed E-state index contributed by atoms with van der Waals surface area (Å²) in [4.78, 5) is 24.6. The van der Waals surface area contributed by atoms with E-state index in [4.69, 9.17) is 18.3 Å². The molecular formula is C21H23NO6. The summed E-state index contributed by atoms with van der Waals surface area (Å²) >= 11 is 0. The minimum Gasteiger partial charge on any atom is -0.502 e. The van der Waals surface area contributed by atoms with Crippen LogP contribution in [0.3, 0.4) is 0 Å². The highest BCUT2D eigenvalue weighted by Gasteiger charge is 2.28. The predicted octanol–water partition coefficient (Wildman–Crippen LogP) is 2.57. The number of carbonyl (C=O) groups is 1. The van der Waals surface area contributed by atoms with Crippen LogP contribution in [-0.4, -0.2) is 32.3 Å². The minimum atomic E-state index is -2.80. The fourth-order valence-electron chi connectivity index (χ4n) is 3.60. The fraction of sp³-hybridized carbons (Fsp3) is 0.333. The molecule has 7 heteroatoms. The summed E-state index contributed by atoms with van der Waals surface area (Å²) in [7, 11) is 0.0206. The average Bonchev–Trinajstić information content (AvgIpc) is 2.91. The molecule has 0 bridgehead atoms. The molecule has 1 atom stereocenters. The number of benzene rings is 1. The largest absolute Gasteiger partial charge is 0.502 e. The second-order valence-corrected chi connectivity index (χ2v) is 6.46. The highest BCUT2D eigenvalue weighted by atomic mass is 16.5. The molecule has 2 N–H and O–H groups in total. The van der Waals surface area contributed by atoms with Gasteiger partial charge in [0, 0.05) is 12.5 Å². The fourth-order valence-corrected chi connectivity index (χ4v) is 3.60. The Morgan fingerprint density at radius 1 is 1.21 bits per heavy atom. The number of rotatable bonds is 4. The maximum atomic E-state index is 12.8. The van der Waals surface area contributed by atoms with Gasteiger partial charge in [0.05, 0.1) is 31.4 Å². The zero-order valence-electron chi connectivity index (χ0n) is 18.8. The lowest BCUT2D eigenvalue weighted by atomic mass is 9.95. The Balaban J connectivity index is 2.36. The number of amides is 1. The van der Waals surface area contributed by atoms with E-state index in [0.717, 1.165) is 5.56 Å². The Bertz CT molecular complexity index is 1080. The second kappa shape index (κ2) is 7.80. The van der Waals surface area contributed by atoms with Crippen molar-refractivity contribution in [1.29, 1.82) is 0 Å². The van der Waals surface area contributed by atoms with E-state index in [9.17, 15) is 14.7 Å². The SMILES string of the molecule is [2H][13C]([2H])([2H])Oc1ccc2c(cc1=O)[C@@H](NC(C)=O)CCc1cc(OC)c(O)c(OC)c1-2. The zero-order chi connectivity index (χ0) is 22.9. The first-order valence-electron chi connectivity index (χ1n) is 10.2. The van der Waals surface area contributed by atoms with Crippen molar-refractivity contribution in [3.05, 3.63) is 45.6 Å². The van der Waals surface area contributed by atoms with E-state index < -0.39 is 18.5 Å². The van der Waals surface area contributed by atoms with Gasteiger partial charge in [-0.1, -0.05) is 6.07 Å². The first-order chi connectivity index (χ1) is 14.6. The van der Waals surface area contributed by atoms with Crippen molar-refractivity contribution >= 4 is 5.91 Å². The van der Waals surface area contributed by atoms with Gasteiger partial charge in [0.2, 0.25) is 17.1 Å². The molecule has 2 aromatic rings. The zero-order valence-corrected chi connectivity index (χ0v) is 15.8. The molecule has 0 fully saturated rings. The smallest absolute Gasteiger partial charge is 0.220 e. The number of aromatic hydroxyl groups is 1. The molecule has 3 rings (SSSR count). The summed E-state index contributed by atoms with van der Waals surface area (Å²) in [5, 5.41) is 13.5. The minimum absolute atomic E-state index is 0.149. The number of aryl methyl sites for hydroxylation is 1.